The van der Waals surface area contributed by atoms with Gasteiger partial charge < -0.3 is 14.6 Å². The summed E-state index contributed by atoms with van der Waals surface area (Å²) in [5, 5.41) is 12.3. The summed E-state index contributed by atoms with van der Waals surface area (Å²) in [5.74, 6) is -0.692. The Hall–Kier alpha value is -2.08. The van der Waals surface area contributed by atoms with Gasteiger partial charge in [0.2, 0.25) is 0 Å². The molecule has 0 radical (unpaired) electrons. The van der Waals surface area contributed by atoms with Crippen molar-refractivity contribution in [1.29, 1.82) is 0 Å². The number of nitrogens with one attached hydrogen (secondary N) is 1. The Balaban J connectivity index is 2.82. The molecule has 1 unspecified atom stereocenters. The molecule has 0 saturated carbocycles. The number of carbonyl (C=O) groups excluding carboxylic acids is 2. The molecule has 0 aliphatic rings. The topological polar surface area (TPSA) is 84.9 Å². The van der Waals surface area contributed by atoms with E-state index in [1.165, 1.54) is 7.11 Å². The Kier molecular flexibility index (Phi) is 5.93. The molecular weight excluding hydrogens is 286 g/mol. The molecule has 122 valence electrons. The van der Waals surface area contributed by atoms with Crippen molar-refractivity contribution in [3.63, 3.8) is 0 Å². The van der Waals surface area contributed by atoms with E-state index in [2.05, 4.69) is 10.1 Å². The van der Waals surface area contributed by atoms with Crippen LogP contribution in [0.3, 0.4) is 0 Å². The molecule has 1 amide bonds. The van der Waals surface area contributed by atoms with Crippen molar-refractivity contribution in [3.8, 4) is 0 Å². The Labute approximate surface area is 130 Å². The highest BCUT2D eigenvalue weighted by Gasteiger charge is 2.18. The zero-order chi connectivity index (χ0) is 16.9. The number of benzene rings is 1. The summed E-state index contributed by atoms with van der Waals surface area (Å²) < 4.78 is 9.68. The van der Waals surface area contributed by atoms with Gasteiger partial charge in [-0.2, -0.15) is 0 Å². The summed E-state index contributed by atoms with van der Waals surface area (Å²) in [6, 6.07) is 5.28. The Bertz CT molecular complexity index is 548. The van der Waals surface area contributed by atoms with Crippen LogP contribution in [-0.2, 0) is 20.7 Å². The van der Waals surface area contributed by atoms with E-state index in [1.54, 1.807) is 39.0 Å². The molecule has 0 bridgehead atoms. The number of hydrogen-bond acceptors (Lipinski definition) is 5. The van der Waals surface area contributed by atoms with Gasteiger partial charge >= 0.3 is 12.1 Å². The van der Waals surface area contributed by atoms with Crippen molar-refractivity contribution >= 4 is 17.7 Å². The lowest BCUT2D eigenvalue weighted by Crippen LogP contribution is -2.27. The molecule has 6 heteroatoms. The predicted octanol–water partition coefficient (Wildman–Crippen LogP) is 2.42. The molecule has 1 aromatic carbocycles. The predicted molar refractivity (Wildman–Crippen MR) is 82.8 cm³/mol. The number of aliphatic hydroxyl groups is 1. The van der Waals surface area contributed by atoms with Gasteiger partial charge in [0.1, 0.15) is 5.60 Å². The SMILES string of the molecule is COC(=O)C(O)Cc1ccc(C)c(NC(=O)OC(C)(C)C)c1. The number of amides is 1. The normalized spacial score (nSPS) is 12.5. The second-order valence-electron chi connectivity index (χ2n) is 6.02. The van der Waals surface area contributed by atoms with Crippen LogP contribution in [0.2, 0.25) is 0 Å². The van der Waals surface area contributed by atoms with Crippen LogP contribution in [0, 0.1) is 6.92 Å². The minimum absolute atomic E-state index is 0.107. The average molecular weight is 309 g/mol. The molecule has 0 aliphatic carbocycles. The lowest BCUT2D eigenvalue weighted by Gasteiger charge is -2.20. The van der Waals surface area contributed by atoms with Crippen LogP contribution in [0.5, 0.6) is 0 Å². The number of aryl methyl sites for hydroxylation is 1. The lowest BCUT2D eigenvalue weighted by molar-refractivity contribution is -0.150. The van der Waals surface area contributed by atoms with Crippen molar-refractivity contribution in [2.75, 3.05) is 12.4 Å². The summed E-state index contributed by atoms with van der Waals surface area (Å²) in [6.45, 7) is 7.18. The number of hydrogen-bond donors (Lipinski definition) is 2. The zero-order valence-electron chi connectivity index (χ0n) is 13.6. The number of aliphatic hydroxyl groups excluding tert-OH is 1. The summed E-state index contributed by atoms with van der Waals surface area (Å²) >= 11 is 0. The van der Waals surface area contributed by atoms with Crippen molar-refractivity contribution in [1.82, 2.24) is 0 Å². The van der Waals surface area contributed by atoms with Crippen LogP contribution >= 0.6 is 0 Å². The third kappa shape index (κ3) is 5.73. The molecule has 0 aliphatic heterocycles. The van der Waals surface area contributed by atoms with Crippen molar-refractivity contribution in [2.24, 2.45) is 0 Å². The highest BCUT2D eigenvalue weighted by atomic mass is 16.6. The first kappa shape index (κ1) is 18.0. The van der Waals surface area contributed by atoms with Gasteiger partial charge in [0.25, 0.3) is 0 Å². The van der Waals surface area contributed by atoms with Crippen molar-refractivity contribution in [2.45, 2.75) is 45.8 Å². The molecule has 22 heavy (non-hydrogen) atoms. The Morgan fingerprint density at radius 2 is 1.95 bits per heavy atom. The van der Waals surface area contributed by atoms with Crippen molar-refractivity contribution < 1.29 is 24.2 Å². The molecule has 1 atom stereocenters. The number of esters is 1. The average Bonchev–Trinajstić information content (AvgIpc) is 2.39. The minimum Gasteiger partial charge on any atom is -0.467 e. The molecule has 0 spiro atoms. The van der Waals surface area contributed by atoms with E-state index in [0.29, 0.717) is 11.3 Å². The summed E-state index contributed by atoms with van der Waals surface area (Å²) in [7, 11) is 1.22. The van der Waals surface area contributed by atoms with Gasteiger partial charge in [-0.15, -0.1) is 0 Å². The molecule has 2 N–H and O–H groups in total. The standard InChI is InChI=1S/C16H23NO5/c1-10-6-7-11(9-13(18)14(19)21-5)8-12(10)17-15(20)22-16(2,3)4/h6-8,13,18H,9H2,1-5H3,(H,17,20). The number of methoxy groups -OCH3 is 1. The van der Waals surface area contributed by atoms with Gasteiger partial charge in [0, 0.05) is 12.1 Å². The van der Waals surface area contributed by atoms with E-state index in [4.69, 9.17) is 4.74 Å². The summed E-state index contributed by atoms with van der Waals surface area (Å²) in [4.78, 5) is 23.1. The van der Waals surface area contributed by atoms with Gasteiger partial charge in [0.05, 0.1) is 7.11 Å². The molecule has 0 heterocycles. The maximum Gasteiger partial charge on any atom is 0.412 e. The van der Waals surface area contributed by atoms with E-state index in [9.17, 15) is 14.7 Å². The van der Waals surface area contributed by atoms with E-state index in [-0.39, 0.29) is 6.42 Å². The highest BCUT2D eigenvalue weighted by molar-refractivity contribution is 5.86. The lowest BCUT2D eigenvalue weighted by atomic mass is 10.0. The fraction of sp³-hybridized carbons (Fsp3) is 0.500. The highest BCUT2D eigenvalue weighted by Crippen LogP contribution is 2.19. The molecule has 1 rings (SSSR count). The van der Waals surface area contributed by atoms with Gasteiger partial charge in [-0.1, -0.05) is 12.1 Å². The third-order valence-corrected chi connectivity index (χ3v) is 2.84. The fourth-order valence-corrected chi connectivity index (χ4v) is 1.79. The monoisotopic (exact) mass is 309 g/mol. The molecular formula is C16H23NO5. The first-order valence-electron chi connectivity index (χ1n) is 6.98. The zero-order valence-corrected chi connectivity index (χ0v) is 13.6. The van der Waals surface area contributed by atoms with Gasteiger partial charge in [-0.25, -0.2) is 9.59 Å². The Morgan fingerprint density at radius 3 is 2.50 bits per heavy atom. The number of ether oxygens (including phenoxy) is 2. The first-order valence-corrected chi connectivity index (χ1v) is 6.98. The molecule has 0 fully saturated rings. The van der Waals surface area contributed by atoms with Crippen molar-refractivity contribution in [3.05, 3.63) is 29.3 Å². The molecule has 0 saturated heterocycles. The first-order chi connectivity index (χ1) is 10.1. The number of anilines is 1. The van der Waals surface area contributed by atoms with E-state index >= 15 is 0 Å². The maximum absolute atomic E-state index is 11.8. The second-order valence-corrected chi connectivity index (χ2v) is 6.02. The third-order valence-electron chi connectivity index (χ3n) is 2.84. The van der Waals surface area contributed by atoms with Crippen LogP contribution in [0.25, 0.3) is 0 Å². The summed E-state index contributed by atoms with van der Waals surface area (Å²) in [5.41, 5.74) is 1.54. The van der Waals surface area contributed by atoms with Gasteiger partial charge in [-0.05, 0) is 44.9 Å². The van der Waals surface area contributed by atoms with Crippen LogP contribution in [0.1, 0.15) is 31.9 Å². The second kappa shape index (κ2) is 7.26. The van der Waals surface area contributed by atoms with Crippen LogP contribution in [0.4, 0.5) is 10.5 Å². The van der Waals surface area contributed by atoms with Crippen LogP contribution < -0.4 is 5.32 Å². The van der Waals surface area contributed by atoms with E-state index < -0.39 is 23.8 Å². The van der Waals surface area contributed by atoms with Gasteiger partial charge in [0.15, 0.2) is 6.10 Å². The minimum atomic E-state index is -1.23. The smallest absolute Gasteiger partial charge is 0.412 e. The number of rotatable bonds is 4. The maximum atomic E-state index is 11.8. The van der Waals surface area contributed by atoms with Gasteiger partial charge in [-0.3, -0.25) is 5.32 Å². The Morgan fingerprint density at radius 1 is 1.32 bits per heavy atom. The quantitative estimate of drug-likeness (QED) is 0.834. The molecule has 0 aromatic heterocycles. The largest absolute Gasteiger partial charge is 0.467 e. The number of carbonyl (C=O) groups is 2. The van der Waals surface area contributed by atoms with Crippen LogP contribution in [-0.4, -0.2) is 36.0 Å². The fourth-order valence-electron chi connectivity index (χ4n) is 1.79. The molecule has 1 aromatic rings. The molecule has 6 nitrogen and oxygen atoms in total. The van der Waals surface area contributed by atoms with Crippen LogP contribution in [0.15, 0.2) is 18.2 Å². The summed E-state index contributed by atoms with van der Waals surface area (Å²) in [6.07, 6.45) is -1.68. The van der Waals surface area contributed by atoms with E-state index in [1.807, 2.05) is 6.92 Å². The van der Waals surface area contributed by atoms with E-state index in [0.717, 1.165) is 5.56 Å².